The molecule has 0 spiro atoms. The summed E-state index contributed by atoms with van der Waals surface area (Å²) in [7, 11) is 0. The van der Waals surface area contributed by atoms with Crippen LogP contribution in [0.15, 0.2) is 24.5 Å². The molecule has 1 aromatic carbocycles. The number of rotatable bonds is 4. The molecule has 3 N–H and O–H groups in total. The number of hydrogen-bond donors (Lipinski definition) is 3. The highest BCUT2D eigenvalue weighted by atomic mass is 35.5. The number of likely N-dealkylation sites (tertiary alicyclic amines) is 1. The molecule has 5 atom stereocenters. The topological polar surface area (TPSA) is 107 Å². The number of fused-ring (bicyclic) bond motifs is 1. The van der Waals surface area contributed by atoms with Crippen molar-refractivity contribution in [2.45, 2.75) is 50.5 Å². The van der Waals surface area contributed by atoms with Crippen molar-refractivity contribution in [2.24, 2.45) is 5.92 Å². The fraction of sp³-hybridized carbons (Fsp3) is 0.455. The van der Waals surface area contributed by atoms with Crippen molar-refractivity contribution < 1.29 is 18.7 Å². The van der Waals surface area contributed by atoms with Gasteiger partial charge in [0.15, 0.2) is 5.65 Å². The van der Waals surface area contributed by atoms with Gasteiger partial charge in [0.05, 0.1) is 30.1 Å². The maximum absolute atomic E-state index is 14.4. The Hall–Kier alpha value is -2.85. The van der Waals surface area contributed by atoms with Gasteiger partial charge in [-0.25, -0.2) is 18.7 Å². The van der Waals surface area contributed by atoms with E-state index in [0.29, 0.717) is 29.1 Å². The first-order valence-corrected chi connectivity index (χ1v) is 11.2. The number of H-pyrrole nitrogens is 1. The van der Waals surface area contributed by atoms with Crippen molar-refractivity contribution in [3.05, 3.63) is 46.6 Å². The van der Waals surface area contributed by atoms with Crippen LogP contribution in [0.5, 0.6) is 0 Å². The first-order chi connectivity index (χ1) is 15.8. The van der Waals surface area contributed by atoms with Crippen LogP contribution in [0.4, 0.5) is 14.6 Å². The zero-order chi connectivity index (χ0) is 23.3. The second kappa shape index (κ2) is 8.49. The molecule has 0 unspecified atom stereocenters. The van der Waals surface area contributed by atoms with Gasteiger partial charge < -0.3 is 15.3 Å². The number of hydrogen-bond acceptors (Lipinski definition) is 6. The van der Waals surface area contributed by atoms with Crippen molar-refractivity contribution in [2.75, 3.05) is 11.9 Å². The van der Waals surface area contributed by atoms with E-state index in [4.69, 9.17) is 11.6 Å². The highest BCUT2D eigenvalue weighted by Gasteiger charge is 2.39. The molecule has 2 aliphatic rings. The van der Waals surface area contributed by atoms with Crippen LogP contribution in [-0.4, -0.2) is 60.9 Å². The number of aromatic nitrogens is 4. The maximum atomic E-state index is 14.4. The molecule has 1 aliphatic carbocycles. The van der Waals surface area contributed by atoms with Gasteiger partial charge in [0.2, 0.25) is 0 Å². The van der Waals surface area contributed by atoms with Crippen LogP contribution in [0.3, 0.4) is 0 Å². The Morgan fingerprint density at radius 1 is 1.27 bits per heavy atom. The molecular formula is C22H23ClF2N6O2. The van der Waals surface area contributed by atoms with Crippen LogP contribution in [0.25, 0.3) is 11.0 Å². The summed E-state index contributed by atoms with van der Waals surface area (Å²) in [6, 6.07) is 3.06. The summed E-state index contributed by atoms with van der Waals surface area (Å²) >= 11 is 6.00. The minimum absolute atomic E-state index is 0.0331. The number of benzene rings is 1. The molecule has 8 nitrogen and oxygen atoms in total. The SMILES string of the molecule is C[C@H]1C[C@@H](O)[C@H](Nc2ncnc3n[nH]c(C(=O)N4C[C@@H](F)C[C@@H]4c4cc(F)cc(Cl)c4)c23)C1. The third kappa shape index (κ3) is 4.13. The Bertz CT molecular complexity index is 1190. The average molecular weight is 477 g/mol. The third-order valence-electron chi connectivity index (χ3n) is 6.43. The van der Waals surface area contributed by atoms with E-state index >= 15 is 0 Å². The summed E-state index contributed by atoms with van der Waals surface area (Å²) in [4.78, 5) is 23.3. The normalized spacial score (nSPS) is 27.4. The molecular weight excluding hydrogens is 454 g/mol. The maximum Gasteiger partial charge on any atom is 0.273 e. The predicted octanol–water partition coefficient (Wildman–Crippen LogP) is 3.64. The minimum Gasteiger partial charge on any atom is -0.391 e. The van der Waals surface area contributed by atoms with Crippen LogP contribution in [0.2, 0.25) is 5.02 Å². The van der Waals surface area contributed by atoms with E-state index in [2.05, 4.69) is 32.4 Å². The molecule has 5 rings (SSSR count). The van der Waals surface area contributed by atoms with Crippen molar-refractivity contribution >= 4 is 34.4 Å². The Kier molecular flexibility index (Phi) is 5.65. The summed E-state index contributed by atoms with van der Waals surface area (Å²) in [6.45, 7) is 1.92. The number of nitrogens with zero attached hydrogens (tertiary/aromatic N) is 4. The van der Waals surface area contributed by atoms with Gasteiger partial charge >= 0.3 is 0 Å². The van der Waals surface area contributed by atoms with E-state index in [9.17, 15) is 18.7 Å². The van der Waals surface area contributed by atoms with E-state index in [-0.39, 0.29) is 35.4 Å². The quantitative estimate of drug-likeness (QED) is 0.530. The fourth-order valence-corrected chi connectivity index (χ4v) is 5.18. The molecule has 11 heteroatoms. The highest BCUT2D eigenvalue weighted by Crippen LogP contribution is 2.37. The Balaban J connectivity index is 1.50. The molecule has 0 radical (unpaired) electrons. The van der Waals surface area contributed by atoms with E-state index in [1.54, 1.807) is 0 Å². The van der Waals surface area contributed by atoms with Gasteiger partial charge in [-0.3, -0.25) is 9.89 Å². The molecule has 2 fully saturated rings. The molecule has 3 aromatic rings. The lowest BCUT2D eigenvalue weighted by Gasteiger charge is -2.25. The second-order valence-electron chi connectivity index (χ2n) is 8.92. The Labute approximate surface area is 193 Å². The van der Waals surface area contributed by atoms with Gasteiger partial charge in [-0.05, 0) is 42.5 Å². The van der Waals surface area contributed by atoms with Crippen molar-refractivity contribution in [1.82, 2.24) is 25.1 Å². The number of aliphatic hydroxyl groups is 1. The largest absolute Gasteiger partial charge is 0.391 e. The zero-order valence-electron chi connectivity index (χ0n) is 17.8. The lowest BCUT2D eigenvalue weighted by Crippen LogP contribution is -2.32. The smallest absolute Gasteiger partial charge is 0.273 e. The molecule has 3 heterocycles. The Morgan fingerprint density at radius 2 is 2.09 bits per heavy atom. The molecule has 174 valence electrons. The summed E-state index contributed by atoms with van der Waals surface area (Å²) in [5.74, 6) is -0.327. The zero-order valence-corrected chi connectivity index (χ0v) is 18.6. The number of aromatic amines is 1. The van der Waals surface area contributed by atoms with E-state index in [1.165, 1.54) is 23.4 Å². The van der Waals surface area contributed by atoms with Crippen LogP contribution in [-0.2, 0) is 0 Å². The van der Waals surface area contributed by atoms with E-state index in [0.717, 1.165) is 12.5 Å². The Morgan fingerprint density at radius 3 is 2.82 bits per heavy atom. The van der Waals surface area contributed by atoms with Crippen LogP contribution in [0, 0.1) is 11.7 Å². The summed E-state index contributed by atoms with van der Waals surface area (Å²) in [5, 5.41) is 21.0. The molecule has 0 bridgehead atoms. The van der Waals surface area contributed by atoms with Crippen LogP contribution in [0.1, 0.15) is 48.3 Å². The van der Waals surface area contributed by atoms with Crippen LogP contribution >= 0.6 is 11.6 Å². The van der Waals surface area contributed by atoms with Crippen molar-refractivity contribution in [1.29, 1.82) is 0 Å². The number of carbonyl (C=O) groups is 1. The monoisotopic (exact) mass is 476 g/mol. The van der Waals surface area contributed by atoms with Gasteiger partial charge in [-0.1, -0.05) is 18.5 Å². The van der Waals surface area contributed by atoms with Gasteiger partial charge in [-0.15, -0.1) is 0 Å². The van der Waals surface area contributed by atoms with Crippen molar-refractivity contribution in [3.63, 3.8) is 0 Å². The van der Waals surface area contributed by atoms with Gasteiger partial charge in [-0.2, -0.15) is 5.10 Å². The third-order valence-corrected chi connectivity index (χ3v) is 6.65. The van der Waals surface area contributed by atoms with Gasteiger partial charge in [0.1, 0.15) is 29.8 Å². The second-order valence-corrected chi connectivity index (χ2v) is 9.36. The van der Waals surface area contributed by atoms with Crippen LogP contribution < -0.4 is 5.32 Å². The molecule has 33 heavy (non-hydrogen) atoms. The fourth-order valence-electron chi connectivity index (χ4n) is 4.95. The van der Waals surface area contributed by atoms with Gasteiger partial charge in [0.25, 0.3) is 5.91 Å². The lowest BCUT2D eigenvalue weighted by molar-refractivity contribution is 0.0724. The summed E-state index contributed by atoms with van der Waals surface area (Å²) in [6.07, 6.45) is 0.988. The van der Waals surface area contributed by atoms with Crippen molar-refractivity contribution in [3.8, 4) is 0 Å². The summed E-state index contributed by atoms with van der Waals surface area (Å²) < 4.78 is 28.4. The predicted molar refractivity (Wildman–Crippen MR) is 118 cm³/mol. The number of alkyl halides is 1. The number of aliphatic hydroxyl groups excluding tert-OH is 1. The number of carbonyl (C=O) groups excluding carboxylic acids is 1. The number of nitrogens with one attached hydrogen (secondary N) is 2. The highest BCUT2D eigenvalue weighted by molar-refractivity contribution is 6.30. The average Bonchev–Trinajstić information content (AvgIpc) is 3.44. The molecule has 1 aliphatic heterocycles. The van der Waals surface area contributed by atoms with E-state index in [1.807, 2.05) is 0 Å². The number of anilines is 1. The first kappa shape index (κ1) is 22.0. The summed E-state index contributed by atoms with van der Waals surface area (Å²) in [5.41, 5.74) is 0.808. The standard InChI is InChI=1S/C22H23ClF2N6O2/c1-10-2-15(17(32)3-10)28-20-18-19(29-30-21(18)27-9-26-20)22(33)31-8-14(25)7-16(31)11-4-12(23)6-13(24)5-11/h4-6,9-10,14-17,32H,2-3,7-8H2,1H3,(H2,26,27,28,29,30)/t10-,14+,15-,16-,17-/m1/s1. The first-order valence-electron chi connectivity index (χ1n) is 10.8. The van der Waals surface area contributed by atoms with Gasteiger partial charge in [0, 0.05) is 11.4 Å². The lowest BCUT2D eigenvalue weighted by atomic mass is 10.0. The number of amides is 1. The molecule has 1 amide bonds. The van der Waals surface area contributed by atoms with E-state index < -0.39 is 30.0 Å². The molecule has 2 aromatic heterocycles. The molecule has 1 saturated heterocycles. The minimum atomic E-state index is -1.26. The number of halogens is 3. The molecule has 1 saturated carbocycles.